The predicted octanol–water partition coefficient (Wildman–Crippen LogP) is 2.95. The van der Waals surface area contributed by atoms with Gasteiger partial charge in [0.2, 0.25) is 0 Å². The molecular formula is C12H14BrFN4O. The highest BCUT2D eigenvalue weighted by Gasteiger charge is 2.09. The van der Waals surface area contributed by atoms with Crippen molar-refractivity contribution in [1.82, 2.24) is 20.2 Å². The first kappa shape index (κ1) is 13.9. The van der Waals surface area contributed by atoms with Crippen LogP contribution in [0.25, 0.3) is 0 Å². The van der Waals surface area contributed by atoms with Gasteiger partial charge in [-0.25, -0.2) is 9.07 Å². The fourth-order valence-corrected chi connectivity index (χ4v) is 1.88. The number of aryl methyl sites for hydroxylation is 1. The zero-order valence-corrected chi connectivity index (χ0v) is 12.1. The normalized spacial score (nSPS) is 10.7. The first-order valence-corrected chi connectivity index (χ1v) is 6.83. The molecule has 19 heavy (non-hydrogen) atoms. The van der Waals surface area contributed by atoms with Gasteiger partial charge in [-0.15, -0.1) is 5.10 Å². The van der Waals surface area contributed by atoms with Crippen molar-refractivity contribution < 1.29 is 9.13 Å². The first-order valence-electron chi connectivity index (χ1n) is 6.03. The minimum atomic E-state index is -0.415. The number of ether oxygens (including phenoxy) is 1. The molecule has 102 valence electrons. The molecule has 0 bridgehead atoms. The van der Waals surface area contributed by atoms with Gasteiger partial charge in [-0.3, -0.25) is 0 Å². The number of halogens is 2. The van der Waals surface area contributed by atoms with Crippen LogP contribution in [0.5, 0.6) is 5.75 Å². The van der Waals surface area contributed by atoms with Gasteiger partial charge in [0, 0.05) is 11.0 Å². The highest BCUT2D eigenvalue weighted by atomic mass is 79.9. The maximum atomic E-state index is 13.6. The summed E-state index contributed by atoms with van der Waals surface area (Å²) in [5, 5.41) is 11.4. The molecule has 0 saturated heterocycles. The summed E-state index contributed by atoms with van der Waals surface area (Å²) >= 11 is 3.19. The van der Waals surface area contributed by atoms with Crippen molar-refractivity contribution in [2.75, 3.05) is 0 Å². The molecule has 1 aromatic carbocycles. The molecule has 0 aliphatic heterocycles. The molecule has 0 unspecified atom stereocenters. The molecule has 2 aromatic rings. The van der Waals surface area contributed by atoms with Gasteiger partial charge >= 0.3 is 0 Å². The molecule has 0 spiro atoms. The van der Waals surface area contributed by atoms with Crippen LogP contribution in [0, 0.1) is 5.82 Å². The van der Waals surface area contributed by atoms with Crippen molar-refractivity contribution in [2.45, 2.75) is 32.9 Å². The van der Waals surface area contributed by atoms with Crippen LogP contribution < -0.4 is 4.74 Å². The lowest BCUT2D eigenvalue weighted by Gasteiger charge is -2.07. The van der Waals surface area contributed by atoms with E-state index in [0.717, 1.165) is 19.4 Å². The second-order valence-electron chi connectivity index (χ2n) is 4.04. The van der Waals surface area contributed by atoms with Crippen molar-refractivity contribution in [1.29, 1.82) is 0 Å². The van der Waals surface area contributed by atoms with Crippen LogP contribution in [-0.2, 0) is 13.2 Å². The third-order valence-electron chi connectivity index (χ3n) is 2.58. The number of tetrazole rings is 1. The standard InChI is InChI=1S/C12H14BrFN4O/c1-2-3-6-18-12(15-16-17-18)8-19-11-5-4-9(13)7-10(11)14/h4-5,7H,2-3,6,8H2,1H3. The number of unbranched alkanes of at least 4 members (excludes halogenated alkanes) is 1. The molecule has 0 N–H and O–H groups in total. The number of aromatic nitrogens is 4. The van der Waals surface area contributed by atoms with Crippen LogP contribution in [0.1, 0.15) is 25.6 Å². The Hall–Kier alpha value is -1.50. The smallest absolute Gasteiger partial charge is 0.189 e. The van der Waals surface area contributed by atoms with Crippen molar-refractivity contribution in [2.24, 2.45) is 0 Å². The van der Waals surface area contributed by atoms with E-state index in [1.54, 1.807) is 16.8 Å². The summed E-state index contributed by atoms with van der Waals surface area (Å²) in [5.41, 5.74) is 0. The van der Waals surface area contributed by atoms with Crippen LogP contribution in [-0.4, -0.2) is 20.2 Å². The van der Waals surface area contributed by atoms with E-state index in [1.165, 1.54) is 6.07 Å². The molecule has 2 rings (SSSR count). The predicted molar refractivity (Wildman–Crippen MR) is 71.2 cm³/mol. The van der Waals surface area contributed by atoms with E-state index in [0.29, 0.717) is 10.3 Å². The molecule has 0 aliphatic rings. The van der Waals surface area contributed by atoms with E-state index in [4.69, 9.17) is 4.74 Å². The zero-order valence-electron chi connectivity index (χ0n) is 10.5. The average molecular weight is 329 g/mol. The highest BCUT2D eigenvalue weighted by molar-refractivity contribution is 9.10. The Labute approximate surface area is 118 Å². The van der Waals surface area contributed by atoms with Crippen LogP contribution in [0.2, 0.25) is 0 Å². The van der Waals surface area contributed by atoms with E-state index in [1.807, 2.05) is 0 Å². The van der Waals surface area contributed by atoms with Crippen LogP contribution >= 0.6 is 15.9 Å². The maximum absolute atomic E-state index is 13.6. The summed E-state index contributed by atoms with van der Waals surface area (Å²) in [6.45, 7) is 2.98. The summed E-state index contributed by atoms with van der Waals surface area (Å²) in [5.74, 6) is 0.367. The summed E-state index contributed by atoms with van der Waals surface area (Å²) in [6, 6.07) is 4.65. The Morgan fingerprint density at radius 1 is 1.42 bits per heavy atom. The fourth-order valence-electron chi connectivity index (χ4n) is 1.54. The average Bonchev–Trinajstić information content (AvgIpc) is 2.83. The first-order chi connectivity index (χ1) is 9.20. The molecule has 5 nitrogen and oxygen atoms in total. The Bertz CT molecular complexity index is 546. The second-order valence-corrected chi connectivity index (χ2v) is 4.95. The second kappa shape index (κ2) is 6.60. The quantitative estimate of drug-likeness (QED) is 0.818. The van der Waals surface area contributed by atoms with Crippen molar-refractivity contribution in [3.05, 3.63) is 34.3 Å². The minimum absolute atomic E-state index is 0.148. The zero-order chi connectivity index (χ0) is 13.7. The minimum Gasteiger partial charge on any atom is -0.482 e. The van der Waals surface area contributed by atoms with E-state index >= 15 is 0 Å². The third-order valence-corrected chi connectivity index (χ3v) is 3.07. The molecule has 0 radical (unpaired) electrons. The third kappa shape index (κ3) is 3.73. The SMILES string of the molecule is CCCCn1nnnc1COc1ccc(Br)cc1F. The molecule has 7 heteroatoms. The van der Waals surface area contributed by atoms with Gasteiger partial charge in [0.1, 0.15) is 6.61 Å². The van der Waals surface area contributed by atoms with Gasteiger partial charge in [0.25, 0.3) is 0 Å². The maximum Gasteiger partial charge on any atom is 0.189 e. The molecule has 0 amide bonds. The number of benzene rings is 1. The molecule has 1 heterocycles. The lowest BCUT2D eigenvalue weighted by atomic mass is 10.3. The van der Waals surface area contributed by atoms with Crippen molar-refractivity contribution >= 4 is 15.9 Å². The Morgan fingerprint density at radius 2 is 2.26 bits per heavy atom. The number of nitrogens with zero attached hydrogens (tertiary/aromatic N) is 4. The summed E-state index contributed by atoms with van der Waals surface area (Å²) < 4.78 is 21.3. The van der Waals surface area contributed by atoms with Gasteiger partial charge in [-0.1, -0.05) is 29.3 Å². The Balaban J connectivity index is 2.00. The monoisotopic (exact) mass is 328 g/mol. The largest absolute Gasteiger partial charge is 0.482 e. The number of hydrogen-bond acceptors (Lipinski definition) is 4. The summed E-state index contributed by atoms with van der Waals surface area (Å²) in [7, 11) is 0. The van der Waals surface area contributed by atoms with Crippen LogP contribution in [0.15, 0.2) is 22.7 Å². The number of rotatable bonds is 6. The van der Waals surface area contributed by atoms with E-state index < -0.39 is 5.82 Å². The van der Waals surface area contributed by atoms with Gasteiger partial charge in [0.15, 0.2) is 17.4 Å². The van der Waals surface area contributed by atoms with Gasteiger partial charge in [-0.2, -0.15) is 0 Å². The van der Waals surface area contributed by atoms with E-state index in [2.05, 4.69) is 38.4 Å². The molecule has 0 aliphatic carbocycles. The lowest BCUT2D eigenvalue weighted by Crippen LogP contribution is -2.09. The molecule has 1 aromatic heterocycles. The number of hydrogen-bond donors (Lipinski definition) is 0. The van der Waals surface area contributed by atoms with E-state index in [-0.39, 0.29) is 12.4 Å². The lowest BCUT2D eigenvalue weighted by molar-refractivity contribution is 0.272. The molecule has 0 fully saturated rings. The molecule has 0 saturated carbocycles. The molecular weight excluding hydrogens is 315 g/mol. The fraction of sp³-hybridized carbons (Fsp3) is 0.417. The molecule has 0 atom stereocenters. The van der Waals surface area contributed by atoms with Gasteiger partial charge < -0.3 is 4.74 Å². The van der Waals surface area contributed by atoms with Crippen molar-refractivity contribution in [3.8, 4) is 5.75 Å². The highest BCUT2D eigenvalue weighted by Crippen LogP contribution is 2.22. The van der Waals surface area contributed by atoms with E-state index in [9.17, 15) is 4.39 Å². The van der Waals surface area contributed by atoms with Crippen LogP contribution in [0.3, 0.4) is 0 Å². The van der Waals surface area contributed by atoms with Gasteiger partial charge in [-0.05, 0) is 35.0 Å². The Morgan fingerprint density at radius 3 is 3.00 bits per heavy atom. The summed E-state index contributed by atoms with van der Waals surface area (Å²) in [6.07, 6.45) is 2.05. The van der Waals surface area contributed by atoms with Crippen LogP contribution in [0.4, 0.5) is 4.39 Å². The summed E-state index contributed by atoms with van der Waals surface area (Å²) in [4.78, 5) is 0. The Kier molecular flexibility index (Phi) is 4.84. The van der Waals surface area contributed by atoms with Gasteiger partial charge in [0.05, 0.1) is 0 Å². The van der Waals surface area contributed by atoms with Crippen molar-refractivity contribution in [3.63, 3.8) is 0 Å². The topological polar surface area (TPSA) is 52.8 Å².